The second-order valence-electron chi connectivity index (χ2n) is 9.89. The summed E-state index contributed by atoms with van der Waals surface area (Å²) in [6.07, 6.45) is 9.39. The molecule has 0 aromatic heterocycles. The molecule has 1 heterocycles. The predicted octanol–water partition coefficient (Wildman–Crippen LogP) is 4.60. The van der Waals surface area contributed by atoms with Crippen LogP contribution in [0.2, 0.25) is 0 Å². The van der Waals surface area contributed by atoms with E-state index in [1.165, 1.54) is 24.8 Å². The zero-order valence-electron chi connectivity index (χ0n) is 18.6. The predicted molar refractivity (Wildman–Crippen MR) is 119 cm³/mol. The van der Waals surface area contributed by atoms with Crippen LogP contribution in [0.4, 0.5) is 4.79 Å². The topological polar surface area (TPSA) is 50.6 Å². The zero-order valence-corrected chi connectivity index (χ0v) is 18.6. The normalized spacial score (nSPS) is 29.5. The Kier molecular flexibility index (Phi) is 6.06. The number of rotatable bonds is 7. The molecule has 2 aliphatic carbocycles. The molecule has 3 aliphatic rings. The molecule has 1 aromatic carbocycles. The molecule has 0 N–H and O–H groups in total. The fourth-order valence-corrected chi connectivity index (χ4v) is 5.91. The minimum atomic E-state index is -0.0341. The Balaban J connectivity index is 1.55. The molecule has 162 valence electrons. The molecular formula is C25H36N4O. The fraction of sp³-hybridized carbons (Fsp3) is 0.680. The maximum absolute atomic E-state index is 13.4. The average Bonchev–Trinajstić information content (AvgIpc) is 2.97. The lowest BCUT2D eigenvalue weighted by Gasteiger charge is -2.51. The standard InChI is InChI=1S/C25H36N4O/c1-27(2)25(22-11-4-3-5-12-22)15-13-24(14-16-25)20-28(18-7-6-17-26)23(30)29(24)19-21-9-8-10-21/h3-5,11-12,21H,6-10,13-16,18-20H2,1-2H3. The van der Waals surface area contributed by atoms with Gasteiger partial charge in [-0.1, -0.05) is 36.8 Å². The molecule has 0 unspecified atom stereocenters. The van der Waals surface area contributed by atoms with E-state index in [-0.39, 0.29) is 17.1 Å². The van der Waals surface area contributed by atoms with Crippen LogP contribution in [0.3, 0.4) is 0 Å². The Hall–Kier alpha value is -2.06. The van der Waals surface area contributed by atoms with Gasteiger partial charge in [-0.05, 0) is 70.5 Å². The first kappa shape index (κ1) is 21.2. The van der Waals surface area contributed by atoms with Crippen LogP contribution in [-0.4, -0.2) is 60.0 Å². The van der Waals surface area contributed by atoms with Gasteiger partial charge in [-0.2, -0.15) is 5.26 Å². The number of amides is 2. The summed E-state index contributed by atoms with van der Waals surface area (Å²) in [6, 6.07) is 13.3. The highest BCUT2D eigenvalue weighted by Gasteiger charge is 2.54. The molecule has 0 bridgehead atoms. The number of carbonyl (C=O) groups excluding carboxylic acids is 1. The molecule has 0 atom stereocenters. The van der Waals surface area contributed by atoms with Crippen LogP contribution in [0.25, 0.3) is 0 Å². The Morgan fingerprint density at radius 1 is 1.13 bits per heavy atom. The molecule has 1 saturated heterocycles. The third-order valence-corrected chi connectivity index (χ3v) is 8.12. The quantitative estimate of drug-likeness (QED) is 0.620. The molecule has 5 heteroatoms. The van der Waals surface area contributed by atoms with E-state index in [1.807, 2.05) is 4.90 Å². The van der Waals surface area contributed by atoms with Gasteiger partial charge >= 0.3 is 6.03 Å². The summed E-state index contributed by atoms with van der Waals surface area (Å²) in [5, 5.41) is 8.91. The van der Waals surface area contributed by atoms with Crippen LogP contribution in [0.5, 0.6) is 0 Å². The number of urea groups is 1. The maximum Gasteiger partial charge on any atom is 0.320 e. The van der Waals surface area contributed by atoms with Crippen molar-refractivity contribution in [3.63, 3.8) is 0 Å². The van der Waals surface area contributed by atoms with Crippen molar-refractivity contribution in [2.45, 2.75) is 68.9 Å². The Morgan fingerprint density at radius 2 is 1.83 bits per heavy atom. The van der Waals surface area contributed by atoms with Gasteiger partial charge in [0.15, 0.2) is 0 Å². The second-order valence-corrected chi connectivity index (χ2v) is 9.89. The van der Waals surface area contributed by atoms with E-state index in [1.54, 1.807) is 0 Å². The van der Waals surface area contributed by atoms with Crippen LogP contribution < -0.4 is 0 Å². The highest BCUT2D eigenvalue weighted by Crippen LogP contribution is 2.49. The number of nitrogens with zero attached hydrogens (tertiary/aromatic N) is 4. The maximum atomic E-state index is 13.4. The fourth-order valence-electron chi connectivity index (χ4n) is 5.91. The number of hydrogen-bond donors (Lipinski definition) is 0. The van der Waals surface area contributed by atoms with E-state index < -0.39 is 0 Å². The SMILES string of the molecule is CN(C)C1(c2ccccc2)CCC2(CC1)CN(CCCC#N)C(=O)N2CC1CCC1. The van der Waals surface area contributed by atoms with Crippen LogP contribution in [0.15, 0.2) is 30.3 Å². The van der Waals surface area contributed by atoms with E-state index in [2.05, 4.69) is 60.3 Å². The van der Waals surface area contributed by atoms with Gasteiger partial charge in [-0.15, -0.1) is 0 Å². The summed E-state index contributed by atoms with van der Waals surface area (Å²) < 4.78 is 0. The molecule has 3 fully saturated rings. The molecule has 2 saturated carbocycles. The molecule has 1 aliphatic heterocycles. The van der Waals surface area contributed by atoms with Gasteiger partial charge in [-0.25, -0.2) is 4.79 Å². The lowest BCUT2D eigenvalue weighted by molar-refractivity contribution is 0.0159. The van der Waals surface area contributed by atoms with Crippen LogP contribution >= 0.6 is 0 Å². The second kappa shape index (κ2) is 8.59. The Morgan fingerprint density at radius 3 is 2.40 bits per heavy atom. The van der Waals surface area contributed by atoms with Crippen LogP contribution in [0.1, 0.15) is 63.4 Å². The highest BCUT2D eigenvalue weighted by atomic mass is 16.2. The van der Waals surface area contributed by atoms with E-state index >= 15 is 0 Å². The Labute approximate surface area is 181 Å². The van der Waals surface area contributed by atoms with Crippen molar-refractivity contribution >= 4 is 6.03 Å². The number of unbranched alkanes of at least 4 members (excludes halogenated alkanes) is 1. The number of carbonyl (C=O) groups is 1. The van der Waals surface area contributed by atoms with E-state index in [4.69, 9.17) is 5.26 Å². The van der Waals surface area contributed by atoms with Crippen LogP contribution in [0, 0.1) is 17.2 Å². The minimum absolute atomic E-state index is 0.0341. The first-order valence-electron chi connectivity index (χ1n) is 11.7. The Bertz CT molecular complexity index is 772. The van der Waals surface area contributed by atoms with E-state index in [9.17, 15) is 4.79 Å². The molecule has 1 aromatic rings. The van der Waals surface area contributed by atoms with Gasteiger partial charge in [0.25, 0.3) is 0 Å². The van der Waals surface area contributed by atoms with Crippen molar-refractivity contribution in [1.29, 1.82) is 5.26 Å². The molecule has 2 amide bonds. The molecule has 0 radical (unpaired) electrons. The molecule has 5 nitrogen and oxygen atoms in total. The van der Waals surface area contributed by atoms with Gasteiger partial charge < -0.3 is 9.80 Å². The van der Waals surface area contributed by atoms with Crippen molar-refractivity contribution in [2.75, 3.05) is 33.7 Å². The average molecular weight is 409 g/mol. The molecule has 1 spiro atoms. The van der Waals surface area contributed by atoms with Crippen molar-refractivity contribution in [3.8, 4) is 6.07 Å². The lowest BCUT2D eigenvalue weighted by Crippen LogP contribution is -2.56. The van der Waals surface area contributed by atoms with Gasteiger partial charge in [0.1, 0.15) is 0 Å². The molecule has 4 rings (SSSR count). The zero-order chi connectivity index (χ0) is 21.2. The summed E-state index contributed by atoms with van der Waals surface area (Å²) in [7, 11) is 4.40. The summed E-state index contributed by atoms with van der Waals surface area (Å²) >= 11 is 0. The third-order valence-electron chi connectivity index (χ3n) is 8.12. The summed E-state index contributed by atoms with van der Waals surface area (Å²) in [5.74, 6) is 0.680. The summed E-state index contributed by atoms with van der Waals surface area (Å²) in [6.45, 7) is 2.48. The minimum Gasteiger partial charge on any atom is -0.322 e. The first-order chi connectivity index (χ1) is 14.5. The van der Waals surface area contributed by atoms with Gasteiger partial charge in [0, 0.05) is 31.6 Å². The van der Waals surface area contributed by atoms with E-state index in [0.717, 1.165) is 45.2 Å². The molecular weight excluding hydrogens is 372 g/mol. The lowest BCUT2D eigenvalue weighted by atomic mass is 9.68. The monoisotopic (exact) mass is 408 g/mol. The smallest absolute Gasteiger partial charge is 0.320 e. The highest BCUT2D eigenvalue weighted by molar-refractivity contribution is 5.78. The van der Waals surface area contributed by atoms with E-state index in [0.29, 0.717) is 18.9 Å². The van der Waals surface area contributed by atoms with Crippen molar-refractivity contribution < 1.29 is 4.79 Å². The number of hydrogen-bond acceptors (Lipinski definition) is 3. The van der Waals surface area contributed by atoms with Crippen molar-refractivity contribution in [1.82, 2.24) is 14.7 Å². The largest absolute Gasteiger partial charge is 0.322 e. The molecule has 30 heavy (non-hydrogen) atoms. The van der Waals surface area contributed by atoms with Crippen molar-refractivity contribution in [3.05, 3.63) is 35.9 Å². The summed E-state index contributed by atoms with van der Waals surface area (Å²) in [4.78, 5) is 20.1. The van der Waals surface area contributed by atoms with Crippen molar-refractivity contribution in [2.24, 2.45) is 5.92 Å². The van der Waals surface area contributed by atoms with Gasteiger partial charge in [0.05, 0.1) is 11.6 Å². The summed E-state index contributed by atoms with van der Waals surface area (Å²) in [5.41, 5.74) is 1.41. The van der Waals surface area contributed by atoms with Gasteiger partial charge in [-0.3, -0.25) is 4.90 Å². The van der Waals surface area contributed by atoms with Crippen LogP contribution in [-0.2, 0) is 5.54 Å². The first-order valence-corrected chi connectivity index (χ1v) is 11.7. The van der Waals surface area contributed by atoms with Gasteiger partial charge in [0.2, 0.25) is 0 Å². The number of nitriles is 1. The third kappa shape index (κ3) is 3.71. The number of benzene rings is 1.